The molecule has 0 spiro atoms. The van der Waals surface area contributed by atoms with Crippen molar-refractivity contribution in [2.75, 3.05) is 29.4 Å². The van der Waals surface area contributed by atoms with Crippen LogP contribution in [0.3, 0.4) is 0 Å². The highest BCUT2D eigenvalue weighted by Gasteiger charge is 2.48. The zero-order valence-electron chi connectivity index (χ0n) is 22.2. The van der Waals surface area contributed by atoms with Crippen LogP contribution >= 0.6 is 7.52 Å². The first-order chi connectivity index (χ1) is 16.4. The van der Waals surface area contributed by atoms with Crippen molar-refractivity contribution in [3.63, 3.8) is 0 Å². The predicted molar refractivity (Wildman–Crippen MR) is 144 cm³/mol. The largest absolute Gasteiger partial charge is 0.509 e. The van der Waals surface area contributed by atoms with E-state index in [1.54, 1.807) is 17.9 Å². The molecule has 0 saturated carbocycles. The Balaban J connectivity index is 2.10. The summed E-state index contributed by atoms with van der Waals surface area (Å²) in [5.74, 6) is -0.558. The Kier molecular flexibility index (Phi) is 7.45. The maximum Gasteiger partial charge on any atom is 0.348 e. The van der Waals surface area contributed by atoms with Crippen LogP contribution in [0.15, 0.2) is 34.3 Å². The number of aliphatic hydroxyl groups is 1. The second-order valence-electron chi connectivity index (χ2n) is 11.5. The maximum atomic E-state index is 13.9. The van der Waals surface area contributed by atoms with Crippen LogP contribution in [0.4, 0.5) is 11.4 Å². The monoisotopic (exact) mass is 540 g/mol. The van der Waals surface area contributed by atoms with Crippen molar-refractivity contribution in [3.8, 4) is 0 Å². The molecule has 2 atom stereocenters. The minimum atomic E-state index is -3.90. The third-order valence-corrected chi connectivity index (χ3v) is 8.51. The van der Waals surface area contributed by atoms with Crippen LogP contribution in [0.5, 0.6) is 0 Å². The number of amides is 1. The third kappa shape index (κ3) is 5.95. The van der Waals surface area contributed by atoms with Crippen LogP contribution < -0.4 is 15.3 Å². The smallest absolute Gasteiger partial charge is 0.348 e. The van der Waals surface area contributed by atoms with Crippen molar-refractivity contribution >= 4 is 46.0 Å². The van der Waals surface area contributed by atoms with Crippen LogP contribution in [-0.2, 0) is 23.9 Å². The number of anilines is 2. The van der Waals surface area contributed by atoms with E-state index in [9.17, 15) is 22.9 Å². The number of carbonyl (C=O) groups excluding carboxylic acids is 1. The first-order valence-electron chi connectivity index (χ1n) is 11.8. The van der Waals surface area contributed by atoms with E-state index in [0.717, 1.165) is 12.7 Å². The van der Waals surface area contributed by atoms with Crippen molar-refractivity contribution in [1.29, 1.82) is 0 Å². The van der Waals surface area contributed by atoms with Crippen LogP contribution in [-0.4, -0.2) is 55.6 Å². The molecule has 200 valence electrons. The Morgan fingerprint density at radius 2 is 1.86 bits per heavy atom. The Hall–Kier alpha value is -2.36. The number of amidine groups is 1. The van der Waals surface area contributed by atoms with Gasteiger partial charge in [-0.1, -0.05) is 41.5 Å². The predicted octanol–water partition coefficient (Wildman–Crippen LogP) is 4.24. The summed E-state index contributed by atoms with van der Waals surface area (Å²) in [5, 5.41) is 14.5. The van der Waals surface area contributed by atoms with Gasteiger partial charge in [-0.3, -0.25) is 14.1 Å². The molecule has 10 nitrogen and oxygen atoms in total. The zero-order valence-corrected chi connectivity index (χ0v) is 23.9. The first kappa shape index (κ1) is 28.2. The zero-order chi connectivity index (χ0) is 27.3. The number of carbonyl (C=O) groups is 1. The van der Waals surface area contributed by atoms with Crippen molar-refractivity contribution in [2.24, 2.45) is 15.6 Å². The van der Waals surface area contributed by atoms with Gasteiger partial charge in [-0.25, -0.2) is 8.42 Å². The summed E-state index contributed by atoms with van der Waals surface area (Å²) in [4.78, 5) is 15.3. The van der Waals surface area contributed by atoms with Gasteiger partial charge in [-0.15, -0.1) is 0 Å². The number of fused-ring (bicyclic) bond motifs is 1. The lowest BCUT2D eigenvalue weighted by Crippen LogP contribution is -2.45. The van der Waals surface area contributed by atoms with Crippen LogP contribution in [0, 0.1) is 10.8 Å². The van der Waals surface area contributed by atoms with E-state index in [2.05, 4.69) is 35.6 Å². The van der Waals surface area contributed by atoms with Gasteiger partial charge in [0.2, 0.25) is 10.0 Å². The molecule has 2 heterocycles. The lowest BCUT2D eigenvalue weighted by Gasteiger charge is -2.36. The quantitative estimate of drug-likeness (QED) is 0.440. The van der Waals surface area contributed by atoms with E-state index in [-0.39, 0.29) is 40.2 Å². The lowest BCUT2D eigenvalue weighted by molar-refractivity contribution is -0.128. The number of nitrogens with zero attached hydrogens (tertiary/aromatic N) is 2. The van der Waals surface area contributed by atoms with Gasteiger partial charge >= 0.3 is 7.52 Å². The van der Waals surface area contributed by atoms with Crippen molar-refractivity contribution in [1.82, 2.24) is 4.90 Å². The fourth-order valence-electron chi connectivity index (χ4n) is 4.31. The number of sulfonamides is 1. The van der Waals surface area contributed by atoms with Gasteiger partial charge in [0.25, 0.3) is 5.91 Å². The summed E-state index contributed by atoms with van der Waals surface area (Å²) in [6.07, 6.45) is 1.74. The Bertz CT molecular complexity index is 1270. The Labute approximate surface area is 213 Å². The summed E-state index contributed by atoms with van der Waals surface area (Å²) < 4.78 is 49.5. The molecule has 0 aromatic heterocycles. The number of nitrogens with one attached hydrogen (secondary N) is 2. The molecule has 0 bridgehead atoms. The van der Waals surface area contributed by atoms with Gasteiger partial charge in [0.1, 0.15) is 11.3 Å². The van der Waals surface area contributed by atoms with Crippen molar-refractivity contribution in [2.45, 2.75) is 60.9 Å². The van der Waals surface area contributed by atoms with E-state index >= 15 is 0 Å². The molecular weight excluding hydrogens is 503 g/mol. The molecule has 3 rings (SSSR count). The average Bonchev–Trinajstić information content (AvgIpc) is 2.95. The molecule has 1 amide bonds. The molecule has 0 aliphatic carbocycles. The van der Waals surface area contributed by atoms with E-state index in [0.29, 0.717) is 12.2 Å². The van der Waals surface area contributed by atoms with Gasteiger partial charge in [-0.2, -0.15) is 4.76 Å². The second-order valence-corrected chi connectivity index (χ2v) is 15.2. The second kappa shape index (κ2) is 9.50. The fraction of sp³-hybridized carbons (Fsp3) is 0.583. The highest BCUT2D eigenvalue weighted by molar-refractivity contribution is 7.92. The molecule has 3 N–H and O–H groups in total. The third-order valence-electron chi connectivity index (χ3n) is 5.86. The molecule has 1 unspecified atom stereocenters. The Morgan fingerprint density at radius 3 is 2.39 bits per heavy atom. The molecule has 1 aromatic carbocycles. The van der Waals surface area contributed by atoms with Gasteiger partial charge in [0.15, 0.2) is 5.84 Å². The molecule has 0 saturated heterocycles. The molecule has 12 heteroatoms. The SMILES string of the molecule is CCOP1(=O)N=C(C2=C(O)[C@H](C(C)(C)C)N(CCC(C)(C)C)C2=O)Nc2ccc(NS(C)(=O)=O)cc21. The minimum absolute atomic E-state index is 0.0248. The fourth-order valence-corrected chi connectivity index (χ4v) is 6.67. The summed E-state index contributed by atoms with van der Waals surface area (Å²) in [6, 6.07) is 3.86. The first-order valence-corrected chi connectivity index (χ1v) is 15.3. The van der Waals surface area contributed by atoms with Gasteiger partial charge < -0.3 is 19.8 Å². The maximum absolute atomic E-state index is 13.9. The standard InChI is InChI=1S/C24H37N4O6PS/c1-9-34-35(31)17-14-15(27-36(8,32)33)10-11-16(17)25-21(26-35)18-19(29)20(24(5,6)7)28(22(18)30)13-12-23(2,3)4/h10-11,14,20,27,29H,9,12-13H2,1-8H3,(H,25,26,31)/t20-,35?/m1/s1. The van der Waals surface area contributed by atoms with E-state index in [1.807, 2.05) is 20.8 Å². The summed E-state index contributed by atoms with van der Waals surface area (Å²) in [5.41, 5.74) is 0.0275. The molecule has 2 aliphatic rings. The molecule has 36 heavy (non-hydrogen) atoms. The number of hydrogen-bond donors (Lipinski definition) is 3. The number of hydrogen-bond acceptors (Lipinski definition) is 7. The number of aliphatic hydroxyl groups excluding tert-OH is 1. The van der Waals surface area contributed by atoms with E-state index < -0.39 is 34.9 Å². The topological polar surface area (TPSA) is 137 Å². The lowest BCUT2D eigenvalue weighted by atomic mass is 9.84. The number of benzene rings is 1. The van der Waals surface area contributed by atoms with Crippen molar-refractivity contribution in [3.05, 3.63) is 29.5 Å². The number of rotatable bonds is 7. The summed E-state index contributed by atoms with van der Waals surface area (Å²) >= 11 is 0. The highest BCUT2D eigenvalue weighted by Crippen LogP contribution is 2.53. The summed E-state index contributed by atoms with van der Waals surface area (Å²) in [6.45, 7) is 14.3. The van der Waals surface area contributed by atoms with Gasteiger partial charge in [-0.05, 0) is 42.4 Å². The Morgan fingerprint density at radius 1 is 1.22 bits per heavy atom. The van der Waals surface area contributed by atoms with E-state index in [4.69, 9.17) is 4.52 Å². The molecule has 0 fully saturated rings. The minimum Gasteiger partial charge on any atom is -0.509 e. The van der Waals surface area contributed by atoms with Gasteiger partial charge in [0.05, 0.1) is 29.9 Å². The van der Waals surface area contributed by atoms with Gasteiger partial charge in [0, 0.05) is 12.2 Å². The molecular formula is C24H37N4O6PS. The molecule has 0 radical (unpaired) electrons. The van der Waals surface area contributed by atoms with Crippen LogP contribution in [0.2, 0.25) is 0 Å². The van der Waals surface area contributed by atoms with Crippen LogP contribution in [0.1, 0.15) is 54.9 Å². The normalized spacial score (nSPS) is 22.9. The molecule has 2 aliphatic heterocycles. The molecule has 1 aromatic rings. The van der Waals surface area contributed by atoms with E-state index in [1.165, 1.54) is 12.1 Å². The average molecular weight is 541 g/mol. The van der Waals surface area contributed by atoms with Crippen molar-refractivity contribution < 1.29 is 27.4 Å². The highest BCUT2D eigenvalue weighted by atomic mass is 32.2. The summed E-state index contributed by atoms with van der Waals surface area (Å²) in [7, 11) is -7.47. The van der Waals surface area contributed by atoms with Crippen LogP contribution in [0.25, 0.3) is 0 Å².